The van der Waals surface area contributed by atoms with Gasteiger partial charge in [-0.15, -0.1) is 11.3 Å². The SMILES string of the molecule is Cc1sc(N2CCOCC2)nc1CCOc1[c]c(C(NC=O)OCC2CC2)ccc1. The minimum absolute atomic E-state index is 0.497. The van der Waals surface area contributed by atoms with Gasteiger partial charge in [0.1, 0.15) is 5.75 Å². The van der Waals surface area contributed by atoms with Crippen LogP contribution in [0.25, 0.3) is 0 Å². The van der Waals surface area contributed by atoms with Crippen molar-refractivity contribution in [2.75, 3.05) is 44.4 Å². The molecule has 1 aliphatic carbocycles. The van der Waals surface area contributed by atoms with Gasteiger partial charge in [0.2, 0.25) is 6.41 Å². The third-order valence-corrected chi connectivity index (χ3v) is 6.32. The van der Waals surface area contributed by atoms with Crippen molar-refractivity contribution >= 4 is 22.9 Å². The van der Waals surface area contributed by atoms with Gasteiger partial charge in [0.15, 0.2) is 11.4 Å². The second-order valence-electron chi connectivity index (χ2n) is 7.61. The van der Waals surface area contributed by atoms with Crippen LogP contribution in [0.4, 0.5) is 5.13 Å². The van der Waals surface area contributed by atoms with Crippen LogP contribution in [0.3, 0.4) is 0 Å². The highest BCUT2D eigenvalue weighted by Crippen LogP contribution is 2.31. The van der Waals surface area contributed by atoms with Crippen molar-refractivity contribution in [1.29, 1.82) is 0 Å². The number of rotatable bonds is 11. The number of aromatic nitrogens is 1. The van der Waals surface area contributed by atoms with E-state index in [0.717, 1.165) is 49.1 Å². The monoisotopic (exact) mass is 430 g/mol. The van der Waals surface area contributed by atoms with Crippen LogP contribution >= 0.6 is 11.3 Å². The Bertz CT molecular complexity index is 834. The number of carbonyl (C=O) groups excluding carboxylic acids is 1. The lowest BCUT2D eigenvalue weighted by Crippen LogP contribution is -2.36. The van der Waals surface area contributed by atoms with Crippen LogP contribution in [0.15, 0.2) is 18.2 Å². The predicted octanol–water partition coefficient (Wildman–Crippen LogP) is 2.88. The fourth-order valence-corrected chi connectivity index (χ4v) is 4.31. The fourth-order valence-electron chi connectivity index (χ4n) is 3.30. The Kier molecular flexibility index (Phi) is 7.20. The first-order valence-corrected chi connectivity index (χ1v) is 11.3. The van der Waals surface area contributed by atoms with Gasteiger partial charge < -0.3 is 24.4 Å². The van der Waals surface area contributed by atoms with Crippen molar-refractivity contribution < 1.29 is 19.0 Å². The third-order valence-electron chi connectivity index (χ3n) is 5.25. The van der Waals surface area contributed by atoms with E-state index in [1.54, 1.807) is 11.3 Å². The van der Waals surface area contributed by atoms with Gasteiger partial charge in [-0.3, -0.25) is 4.79 Å². The Balaban J connectivity index is 1.32. The van der Waals surface area contributed by atoms with Crippen molar-refractivity contribution in [1.82, 2.24) is 10.3 Å². The second-order valence-corrected chi connectivity index (χ2v) is 8.79. The zero-order chi connectivity index (χ0) is 20.8. The number of hydrogen-bond acceptors (Lipinski definition) is 7. The van der Waals surface area contributed by atoms with E-state index in [4.69, 9.17) is 19.2 Å². The molecule has 1 saturated heterocycles. The number of ether oxygens (including phenoxy) is 3. The molecule has 4 rings (SSSR count). The maximum Gasteiger partial charge on any atom is 0.209 e. The molecular formula is C22H28N3O4S. The summed E-state index contributed by atoms with van der Waals surface area (Å²) in [6.07, 6.45) is 3.30. The number of nitrogens with one attached hydrogen (secondary N) is 1. The molecule has 2 heterocycles. The number of benzene rings is 1. The summed E-state index contributed by atoms with van der Waals surface area (Å²) >= 11 is 1.73. The average Bonchev–Trinajstić information content (AvgIpc) is 3.53. The van der Waals surface area contributed by atoms with Crippen molar-refractivity contribution in [3.63, 3.8) is 0 Å². The van der Waals surface area contributed by atoms with Crippen LogP contribution in [-0.4, -0.2) is 50.9 Å². The van der Waals surface area contributed by atoms with Gasteiger partial charge in [-0.25, -0.2) is 4.98 Å². The van der Waals surface area contributed by atoms with Gasteiger partial charge in [0, 0.05) is 36.0 Å². The van der Waals surface area contributed by atoms with Crippen LogP contribution in [0.5, 0.6) is 5.75 Å². The van der Waals surface area contributed by atoms with Gasteiger partial charge in [-0.05, 0) is 31.7 Å². The molecule has 161 valence electrons. The van der Waals surface area contributed by atoms with Crippen molar-refractivity contribution in [3.05, 3.63) is 40.4 Å². The van der Waals surface area contributed by atoms with Crippen molar-refractivity contribution in [2.24, 2.45) is 5.92 Å². The highest BCUT2D eigenvalue weighted by molar-refractivity contribution is 7.15. The molecule has 1 radical (unpaired) electrons. The molecule has 1 aliphatic heterocycles. The Morgan fingerprint density at radius 1 is 1.40 bits per heavy atom. The molecule has 1 aromatic carbocycles. The fraction of sp³-hybridized carbons (Fsp3) is 0.545. The number of hydrogen-bond donors (Lipinski definition) is 1. The van der Waals surface area contributed by atoms with E-state index in [0.29, 0.717) is 31.3 Å². The van der Waals surface area contributed by atoms with E-state index in [9.17, 15) is 4.79 Å². The number of morpholine rings is 1. The van der Waals surface area contributed by atoms with Gasteiger partial charge in [-0.1, -0.05) is 12.1 Å². The molecule has 1 aromatic heterocycles. The molecule has 2 fully saturated rings. The number of aryl methyl sites for hydroxylation is 1. The van der Waals surface area contributed by atoms with Crippen LogP contribution in [-0.2, 0) is 20.7 Å². The van der Waals surface area contributed by atoms with Crippen LogP contribution < -0.4 is 15.0 Å². The first-order chi connectivity index (χ1) is 14.7. The Hall–Kier alpha value is -2.16. The van der Waals surface area contributed by atoms with E-state index < -0.39 is 6.23 Å². The average molecular weight is 431 g/mol. The van der Waals surface area contributed by atoms with Crippen molar-refractivity contribution in [3.8, 4) is 5.75 Å². The third kappa shape index (κ3) is 5.71. The van der Waals surface area contributed by atoms with Gasteiger partial charge in [0.05, 0.1) is 32.1 Å². The molecule has 2 aliphatic rings. The summed E-state index contributed by atoms with van der Waals surface area (Å²) in [5.74, 6) is 1.26. The number of carbonyl (C=O) groups is 1. The molecule has 1 unspecified atom stereocenters. The lowest BCUT2D eigenvalue weighted by Gasteiger charge is -2.26. The van der Waals surface area contributed by atoms with Gasteiger partial charge in [0.25, 0.3) is 0 Å². The largest absolute Gasteiger partial charge is 0.493 e. The van der Waals surface area contributed by atoms with E-state index in [-0.39, 0.29) is 0 Å². The molecule has 1 saturated carbocycles. The van der Waals surface area contributed by atoms with E-state index in [1.807, 2.05) is 18.2 Å². The highest BCUT2D eigenvalue weighted by Gasteiger charge is 2.24. The van der Waals surface area contributed by atoms with Gasteiger partial charge in [-0.2, -0.15) is 0 Å². The topological polar surface area (TPSA) is 72.9 Å². The summed E-state index contributed by atoms with van der Waals surface area (Å²) in [6, 6.07) is 8.88. The summed E-state index contributed by atoms with van der Waals surface area (Å²) in [5, 5.41) is 3.79. The van der Waals surface area contributed by atoms with Crippen LogP contribution in [0, 0.1) is 18.9 Å². The number of thiazole rings is 1. The minimum atomic E-state index is -0.497. The quantitative estimate of drug-likeness (QED) is 0.437. The second kappa shape index (κ2) is 10.2. The summed E-state index contributed by atoms with van der Waals surface area (Å²) in [7, 11) is 0. The molecular weight excluding hydrogens is 402 g/mol. The maximum absolute atomic E-state index is 11.0. The molecule has 0 bridgehead atoms. The summed E-state index contributed by atoms with van der Waals surface area (Å²) in [6.45, 7) is 6.57. The summed E-state index contributed by atoms with van der Waals surface area (Å²) in [5.41, 5.74) is 1.84. The van der Waals surface area contributed by atoms with Gasteiger partial charge >= 0.3 is 0 Å². The first-order valence-electron chi connectivity index (χ1n) is 10.5. The first kappa shape index (κ1) is 21.1. The molecule has 8 heteroatoms. The molecule has 1 amide bonds. The molecule has 1 atom stereocenters. The zero-order valence-electron chi connectivity index (χ0n) is 17.3. The Morgan fingerprint density at radius 3 is 3.00 bits per heavy atom. The molecule has 2 aromatic rings. The van der Waals surface area contributed by atoms with Crippen molar-refractivity contribution in [2.45, 2.75) is 32.4 Å². The molecule has 0 spiro atoms. The maximum atomic E-state index is 11.0. The predicted molar refractivity (Wildman–Crippen MR) is 115 cm³/mol. The number of amides is 1. The van der Waals surface area contributed by atoms with E-state index in [2.05, 4.69) is 23.2 Å². The van der Waals surface area contributed by atoms with E-state index in [1.165, 1.54) is 17.7 Å². The summed E-state index contributed by atoms with van der Waals surface area (Å²) < 4.78 is 17.2. The molecule has 7 nitrogen and oxygen atoms in total. The van der Waals surface area contributed by atoms with Crippen LogP contribution in [0.2, 0.25) is 0 Å². The normalized spacial score (nSPS) is 17.6. The van der Waals surface area contributed by atoms with E-state index >= 15 is 0 Å². The standard InChI is InChI=1S/C22H28N3O4S/c1-16-20(24-22(30-16)25-8-11-27-12-9-25)7-10-28-19-4-2-3-18(13-19)21(23-15-26)29-14-17-5-6-17/h2-4,15,17,21H,5-12,14H2,1H3,(H,23,26). The molecule has 1 N–H and O–H groups in total. The zero-order valence-corrected chi connectivity index (χ0v) is 18.1. The lowest BCUT2D eigenvalue weighted by molar-refractivity contribution is -0.114. The minimum Gasteiger partial charge on any atom is -0.493 e. The lowest BCUT2D eigenvalue weighted by atomic mass is 10.2. The molecule has 30 heavy (non-hydrogen) atoms. The Morgan fingerprint density at radius 2 is 2.23 bits per heavy atom. The number of anilines is 1. The number of nitrogens with zero attached hydrogens (tertiary/aromatic N) is 2. The van der Waals surface area contributed by atoms with Crippen LogP contribution in [0.1, 0.15) is 35.2 Å². The summed E-state index contributed by atoms with van der Waals surface area (Å²) in [4.78, 5) is 19.3. The highest BCUT2D eigenvalue weighted by atomic mass is 32.1. The Labute approximate surface area is 181 Å². The smallest absolute Gasteiger partial charge is 0.209 e.